The van der Waals surface area contributed by atoms with Crippen LogP contribution in [-0.2, 0) is 4.74 Å². The highest BCUT2D eigenvalue weighted by molar-refractivity contribution is 7.10. The fourth-order valence-electron chi connectivity index (χ4n) is 2.29. The van der Waals surface area contributed by atoms with Crippen LogP contribution < -0.4 is 5.32 Å². The van der Waals surface area contributed by atoms with Crippen molar-refractivity contribution in [2.24, 2.45) is 0 Å². The SMILES string of the molecule is N#Cc1c(Cl)nsc1NCCOC1CCCCCC1. The van der Waals surface area contributed by atoms with Gasteiger partial charge in [-0.15, -0.1) is 0 Å². The summed E-state index contributed by atoms with van der Waals surface area (Å²) in [6.07, 6.45) is 7.99. The van der Waals surface area contributed by atoms with Gasteiger partial charge in [-0.3, -0.25) is 0 Å². The molecule has 0 saturated heterocycles. The Morgan fingerprint density at radius 1 is 1.37 bits per heavy atom. The Morgan fingerprint density at radius 3 is 2.79 bits per heavy atom. The van der Waals surface area contributed by atoms with Crippen molar-refractivity contribution in [3.63, 3.8) is 0 Å². The van der Waals surface area contributed by atoms with Gasteiger partial charge in [0.15, 0.2) is 5.15 Å². The van der Waals surface area contributed by atoms with Gasteiger partial charge in [0, 0.05) is 6.54 Å². The van der Waals surface area contributed by atoms with Crippen LogP contribution in [0.4, 0.5) is 5.00 Å². The summed E-state index contributed by atoms with van der Waals surface area (Å²) in [5.41, 5.74) is 0.432. The zero-order valence-electron chi connectivity index (χ0n) is 10.8. The third kappa shape index (κ3) is 4.34. The molecule has 1 fully saturated rings. The summed E-state index contributed by atoms with van der Waals surface area (Å²) in [4.78, 5) is 0. The minimum atomic E-state index is 0.277. The summed E-state index contributed by atoms with van der Waals surface area (Å²) in [6, 6.07) is 2.06. The van der Waals surface area contributed by atoms with Crippen molar-refractivity contribution >= 4 is 28.1 Å². The number of nitrogens with one attached hydrogen (secondary N) is 1. The molecule has 1 aromatic rings. The maximum atomic E-state index is 8.94. The van der Waals surface area contributed by atoms with Gasteiger partial charge in [-0.1, -0.05) is 37.3 Å². The van der Waals surface area contributed by atoms with Crippen LogP contribution in [0.1, 0.15) is 44.1 Å². The summed E-state index contributed by atoms with van der Waals surface area (Å²) in [5.74, 6) is 0. The maximum Gasteiger partial charge on any atom is 0.162 e. The van der Waals surface area contributed by atoms with E-state index in [0.29, 0.717) is 24.8 Å². The van der Waals surface area contributed by atoms with Crippen molar-refractivity contribution in [2.45, 2.75) is 44.6 Å². The fraction of sp³-hybridized carbons (Fsp3) is 0.692. The monoisotopic (exact) mass is 299 g/mol. The van der Waals surface area contributed by atoms with E-state index < -0.39 is 0 Å². The molecule has 1 N–H and O–H groups in total. The second-order valence-corrected chi connectivity index (χ2v) is 5.83. The lowest BCUT2D eigenvalue weighted by atomic mass is 10.1. The average molecular weight is 300 g/mol. The minimum absolute atomic E-state index is 0.277. The summed E-state index contributed by atoms with van der Waals surface area (Å²) >= 11 is 7.02. The van der Waals surface area contributed by atoms with Gasteiger partial charge in [0.2, 0.25) is 0 Å². The Morgan fingerprint density at radius 2 is 2.11 bits per heavy atom. The summed E-state index contributed by atoms with van der Waals surface area (Å²) in [7, 11) is 0. The summed E-state index contributed by atoms with van der Waals surface area (Å²) in [6.45, 7) is 1.34. The molecule has 0 aliphatic heterocycles. The number of ether oxygens (including phenoxy) is 1. The van der Waals surface area contributed by atoms with Crippen molar-refractivity contribution in [3.8, 4) is 6.07 Å². The first-order chi connectivity index (χ1) is 9.31. The molecule has 2 rings (SSSR count). The van der Waals surface area contributed by atoms with Crippen molar-refractivity contribution < 1.29 is 4.74 Å². The second kappa shape index (κ2) is 7.68. The Kier molecular flexibility index (Phi) is 5.90. The highest BCUT2D eigenvalue weighted by atomic mass is 35.5. The highest BCUT2D eigenvalue weighted by Gasteiger charge is 2.13. The van der Waals surface area contributed by atoms with Crippen LogP contribution in [0.2, 0.25) is 5.15 Å². The van der Waals surface area contributed by atoms with E-state index in [9.17, 15) is 0 Å². The first kappa shape index (κ1) is 14.6. The molecule has 1 saturated carbocycles. The van der Waals surface area contributed by atoms with Gasteiger partial charge in [-0.05, 0) is 24.4 Å². The molecule has 1 aliphatic carbocycles. The van der Waals surface area contributed by atoms with E-state index in [-0.39, 0.29) is 5.15 Å². The van der Waals surface area contributed by atoms with Crippen LogP contribution in [0.15, 0.2) is 0 Å². The Bertz CT molecular complexity index is 436. The third-order valence-corrected chi connectivity index (χ3v) is 4.48. The Labute approximate surface area is 122 Å². The second-order valence-electron chi connectivity index (χ2n) is 4.70. The van der Waals surface area contributed by atoms with Gasteiger partial charge in [-0.2, -0.15) is 9.64 Å². The Hall–Kier alpha value is -0.830. The predicted molar refractivity (Wildman–Crippen MR) is 77.8 cm³/mol. The first-order valence-electron chi connectivity index (χ1n) is 6.72. The fourth-order valence-corrected chi connectivity index (χ4v) is 3.25. The number of anilines is 1. The lowest BCUT2D eigenvalue weighted by molar-refractivity contribution is 0.0502. The number of aromatic nitrogens is 1. The maximum absolute atomic E-state index is 8.94. The van der Waals surface area contributed by atoms with Gasteiger partial charge in [0.25, 0.3) is 0 Å². The van der Waals surface area contributed by atoms with Crippen molar-refractivity contribution in [1.82, 2.24) is 4.37 Å². The molecule has 4 nitrogen and oxygen atoms in total. The highest BCUT2D eigenvalue weighted by Crippen LogP contribution is 2.27. The largest absolute Gasteiger partial charge is 0.376 e. The van der Waals surface area contributed by atoms with Crippen LogP contribution in [0, 0.1) is 11.3 Å². The lowest BCUT2D eigenvalue weighted by Crippen LogP contribution is -2.17. The van der Waals surface area contributed by atoms with Gasteiger partial charge in [-0.25, -0.2) is 0 Å². The van der Waals surface area contributed by atoms with Crippen LogP contribution in [0.5, 0.6) is 0 Å². The zero-order chi connectivity index (χ0) is 13.5. The van der Waals surface area contributed by atoms with Crippen molar-refractivity contribution in [3.05, 3.63) is 10.7 Å². The van der Waals surface area contributed by atoms with Crippen molar-refractivity contribution in [2.75, 3.05) is 18.5 Å². The van der Waals surface area contributed by atoms with Crippen LogP contribution in [0.3, 0.4) is 0 Å². The van der Waals surface area contributed by atoms with Gasteiger partial charge < -0.3 is 10.1 Å². The van der Waals surface area contributed by atoms with Crippen molar-refractivity contribution in [1.29, 1.82) is 5.26 Å². The van der Waals surface area contributed by atoms with Crippen LogP contribution in [0.25, 0.3) is 0 Å². The topological polar surface area (TPSA) is 57.9 Å². The van der Waals surface area contributed by atoms with E-state index in [2.05, 4.69) is 15.8 Å². The van der Waals surface area contributed by atoms with Gasteiger partial charge in [0.1, 0.15) is 16.6 Å². The molecule has 1 heterocycles. The van der Waals surface area contributed by atoms with Gasteiger partial charge in [0.05, 0.1) is 12.7 Å². The molecule has 6 heteroatoms. The first-order valence-corrected chi connectivity index (χ1v) is 7.87. The van der Waals surface area contributed by atoms with E-state index in [1.165, 1.54) is 50.1 Å². The minimum Gasteiger partial charge on any atom is -0.376 e. The third-order valence-electron chi connectivity index (χ3n) is 3.31. The number of halogens is 1. The van der Waals surface area contributed by atoms with Gasteiger partial charge >= 0.3 is 0 Å². The zero-order valence-corrected chi connectivity index (χ0v) is 12.4. The molecular weight excluding hydrogens is 282 g/mol. The molecule has 0 spiro atoms. The molecule has 1 aliphatic rings. The predicted octanol–water partition coefficient (Wildman–Crippen LogP) is 3.82. The van der Waals surface area contributed by atoms with E-state index in [1.807, 2.05) is 0 Å². The number of nitrogens with zero attached hydrogens (tertiary/aromatic N) is 2. The standard InChI is InChI=1S/C13H18ClN3OS/c14-12-11(9-15)13(19-17-12)16-7-8-18-10-5-3-1-2-4-6-10/h10,16H,1-8H2. The molecule has 0 unspecified atom stereocenters. The number of hydrogen-bond donors (Lipinski definition) is 1. The lowest BCUT2D eigenvalue weighted by Gasteiger charge is -2.15. The average Bonchev–Trinajstić information content (AvgIpc) is 2.63. The number of rotatable bonds is 5. The molecule has 104 valence electrons. The van der Waals surface area contributed by atoms with E-state index in [0.717, 1.165) is 5.00 Å². The molecule has 0 amide bonds. The quantitative estimate of drug-likeness (QED) is 0.663. The molecule has 1 aromatic heterocycles. The molecule has 0 atom stereocenters. The normalized spacial score (nSPS) is 16.8. The van der Waals surface area contributed by atoms with E-state index in [4.69, 9.17) is 21.6 Å². The molecule has 0 bridgehead atoms. The molecular formula is C13H18ClN3OS. The van der Waals surface area contributed by atoms with Crippen LogP contribution >= 0.6 is 23.1 Å². The smallest absolute Gasteiger partial charge is 0.162 e. The molecule has 0 aromatic carbocycles. The van der Waals surface area contributed by atoms with Crippen LogP contribution in [-0.4, -0.2) is 23.6 Å². The molecule has 19 heavy (non-hydrogen) atoms. The number of nitriles is 1. The molecule has 0 radical (unpaired) electrons. The Balaban J connectivity index is 1.70. The van der Waals surface area contributed by atoms with E-state index in [1.54, 1.807) is 0 Å². The number of hydrogen-bond acceptors (Lipinski definition) is 5. The van der Waals surface area contributed by atoms with E-state index >= 15 is 0 Å². The summed E-state index contributed by atoms with van der Waals surface area (Å²) < 4.78 is 9.82. The summed E-state index contributed by atoms with van der Waals surface area (Å²) in [5, 5.41) is 13.1.